The molecule has 6 heteroatoms. The fourth-order valence-electron chi connectivity index (χ4n) is 3.45. The highest BCUT2D eigenvalue weighted by atomic mass is 16.4. The third-order valence-electron chi connectivity index (χ3n) is 5.09. The van der Waals surface area contributed by atoms with Crippen molar-refractivity contribution in [2.75, 3.05) is 0 Å². The van der Waals surface area contributed by atoms with Crippen molar-refractivity contribution in [3.63, 3.8) is 0 Å². The minimum Gasteiger partial charge on any atom is -0.410 e. The number of hydrogen-bond donors (Lipinski definition) is 2. The summed E-state index contributed by atoms with van der Waals surface area (Å²) in [6, 6.07) is 37.2. The van der Waals surface area contributed by atoms with Crippen LogP contribution < -0.4 is 0 Å². The first kappa shape index (κ1) is 22.4. The van der Waals surface area contributed by atoms with Crippen LogP contribution in [0.25, 0.3) is 0 Å². The second-order valence-electron chi connectivity index (χ2n) is 7.26. The molecular weight excluding hydrogens is 424 g/mol. The average Bonchev–Trinajstić information content (AvgIpc) is 2.92. The standard InChI is InChI=1S/C28H22N4O2/c33-31-27(23-17-9-3-10-18-23)25(21-13-5-1-6-14-21)29-30-26(22-15-7-2-8-16-22)28(32-34)24-19-11-4-12-20-24/h1-20,33-34H/b29-25-,30-26+,31-27+,32-28+. The molecule has 0 amide bonds. The molecule has 4 aromatic carbocycles. The van der Waals surface area contributed by atoms with Crippen molar-refractivity contribution in [1.29, 1.82) is 0 Å². The van der Waals surface area contributed by atoms with E-state index < -0.39 is 0 Å². The minimum atomic E-state index is 0.269. The molecule has 0 unspecified atom stereocenters. The summed E-state index contributed by atoms with van der Waals surface area (Å²) in [7, 11) is 0. The smallest absolute Gasteiger partial charge is 0.137 e. The molecule has 0 aliphatic heterocycles. The molecule has 166 valence electrons. The summed E-state index contributed by atoms with van der Waals surface area (Å²) in [6.07, 6.45) is 0. The maximum absolute atomic E-state index is 9.92. The van der Waals surface area contributed by atoms with Gasteiger partial charge in [-0.2, -0.15) is 0 Å². The van der Waals surface area contributed by atoms with Gasteiger partial charge >= 0.3 is 0 Å². The van der Waals surface area contributed by atoms with Crippen molar-refractivity contribution in [2.24, 2.45) is 20.5 Å². The van der Waals surface area contributed by atoms with Crippen LogP contribution in [-0.4, -0.2) is 33.3 Å². The van der Waals surface area contributed by atoms with E-state index in [1.165, 1.54) is 0 Å². The van der Waals surface area contributed by atoms with E-state index in [2.05, 4.69) is 20.5 Å². The maximum Gasteiger partial charge on any atom is 0.137 e. The van der Waals surface area contributed by atoms with Gasteiger partial charge in [0.2, 0.25) is 0 Å². The zero-order valence-electron chi connectivity index (χ0n) is 18.2. The van der Waals surface area contributed by atoms with Gasteiger partial charge in [-0.1, -0.05) is 132 Å². The number of benzene rings is 4. The van der Waals surface area contributed by atoms with E-state index in [0.717, 1.165) is 11.1 Å². The fourth-order valence-corrected chi connectivity index (χ4v) is 3.45. The molecule has 0 fully saturated rings. The van der Waals surface area contributed by atoms with Gasteiger partial charge in [-0.3, -0.25) is 0 Å². The second-order valence-corrected chi connectivity index (χ2v) is 7.26. The predicted octanol–water partition coefficient (Wildman–Crippen LogP) is 5.64. The molecule has 0 heterocycles. The Hall–Kier alpha value is -4.84. The van der Waals surface area contributed by atoms with Gasteiger partial charge in [-0.25, -0.2) is 0 Å². The molecule has 0 radical (unpaired) electrons. The Bertz CT molecular complexity index is 1230. The first-order valence-electron chi connectivity index (χ1n) is 10.6. The van der Waals surface area contributed by atoms with Crippen molar-refractivity contribution >= 4 is 22.8 Å². The van der Waals surface area contributed by atoms with E-state index in [-0.39, 0.29) is 11.4 Å². The van der Waals surface area contributed by atoms with Crippen LogP contribution in [0.4, 0.5) is 0 Å². The molecule has 0 aliphatic carbocycles. The lowest BCUT2D eigenvalue weighted by Crippen LogP contribution is -2.20. The molecule has 0 saturated heterocycles. The van der Waals surface area contributed by atoms with Crippen molar-refractivity contribution in [3.05, 3.63) is 144 Å². The summed E-state index contributed by atoms with van der Waals surface area (Å²) in [4.78, 5) is 0. The lowest BCUT2D eigenvalue weighted by molar-refractivity contribution is 0.320. The summed E-state index contributed by atoms with van der Waals surface area (Å²) in [5, 5.41) is 36.0. The molecule has 0 aliphatic rings. The first-order valence-corrected chi connectivity index (χ1v) is 10.6. The van der Waals surface area contributed by atoms with Crippen molar-refractivity contribution in [3.8, 4) is 0 Å². The quantitative estimate of drug-likeness (QED) is 0.219. The minimum absolute atomic E-state index is 0.269. The normalized spacial score (nSPS) is 13.1. The van der Waals surface area contributed by atoms with Crippen molar-refractivity contribution in [2.45, 2.75) is 0 Å². The highest BCUT2D eigenvalue weighted by Gasteiger charge is 2.18. The molecule has 0 spiro atoms. The average molecular weight is 447 g/mol. The fraction of sp³-hybridized carbons (Fsp3) is 0. The summed E-state index contributed by atoms with van der Waals surface area (Å²) >= 11 is 0. The lowest BCUT2D eigenvalue weighted by atomic mass is 9.99. The van der Waals surface area contributed by atoms with Crippen LogP contribution in [0.3, 0.4) is 0 Å². The molecule has 6 nitrogen and oxygen atoms in total. The van der Waals surface area contributed by atoms with Crippen LogP contribution in [0, 0.1) is 0 Å². The summed E-state index contributed by atoms with van der Waals surface area (Å²) in [6.45, 7) is 0. The van der Waals surface area contributed by atoms with Crippen molar-refractivity contribution < 1.29 is 10.4 Å². The third kappa shape index (κ3) is 5.14. The Morgan fingerprint density at radius 2 is 0.588 bits per heavy atom. The molecule has 34 heavy (non-hydrogen) atoms. The molecule has 0 atom stereocenters. The van der Waals surface area contributed by atoms with Gasteiger partial charge in [0.05, 0.1) is 0 Å². The molecular formula is C28H22N4O2. The number of hydrogen-bond acceptors (Lipinski definition) is 6. The van der Waals surface area contributed by atoms with Gasteiger partial charge < -0.3 is 10.4 Å². The largest absolute Gasteiger partial charge is 0.410 e. The van der Waals surface area contributed by atoms with Gasteiger partial charge in [0.1, 0.15) is 22.8 Å². The SMILES string of the molecule is O/N=C(/C(=N\N=C(\C(=N\O)c1ccccc1)c1ccccc1)c1ccccc1)c1ccccc1. The maximum atomic E-state index is 9.92. The van der Waals surface area contributed by atoms with Crippen LogP contribution in [-0.2, 0) is 0 Å². The van der Waals surface area contributed by atoms with Crippen LogP contribution in [0.5, 0.6) is 0 Å². The van der Waals surface area contributed by atoms with E-state index in [0.29, 0.717) is 22.6 Å². The second kappa shape index (κ2) is 11.2. The van der Waals surface area contributed by atoms with E-state index in [1.54, 1.807) is 0 Å². The summed E-state index contributed by atoms with van der Waals surface area (Å²) in [5.74, 6) is 0. The highest BCUT2D eigenvalue weighted by molar-refractivity contribution is 6.55. The van der Waals surface area contributed by atoms with E-state index in [1.807, 2.05) is 121 Å². The zero-order valence-corrected chi connectivity index (χ0v) is 18.2. The topological polar surface area (TPSA) is 89.9 Å². The Morgan fingerprint density at radius 1 is 0.353 bits per heavy atom. The van der Waals surface area contributed by atoms with Gasteiger partial charge in [-0.15, -0.1) is 10.2 Å². The highest BCUT2D eigenvalue weighted by Crippen LogP contribution is 2.14. The molecule has 4 aromatic rings. The number of nitrogens with zero attached hydrogens (tertiary/aromatic N) is 4. The number of rotatable bonds is 7. The van der Waals surface area contributed by atoms with E-state index in [4.69, 9.17) is 0 Å². The van der Waals surface area contributed by atoms with Crippen LogP contribution in [0.1, 0.15) is 22.3 Å². The Morgan fingerprint density at radius 3 is 0.824 bits per heavy atom. The monoisotopic (exact) mass is 446 g/mol. The van der Waals surface area contributed by atoms with Gasteiger partial charge in [0, 0.05) is 22.3 Å². The predicted molar refractivity (Wildman–Crippen MR) is 135 cm³/mol. The molecule has 0 bridgehead atoms. The van der Waals surface area contributed by atoms with Gasteiger partial charge in [-0.05, 0) is 0 Å². The number of oxime groups is 2. The molecule has 0 aromatic heterocycles. The van der Waals surface area contributed by atoms with Crippen LogP contribution in [0.15, 0.2) is 142 Å². The zero-order chi connectivity index (χ0) is 23.6. The third-order valence-corrected chi connectivity index (χ3v) is 5.09. The summed E-state index contributed by atoms with van der Waals surface area (Å²) in [5.41, 5.74) is 4.08. The van der Waals surface area contributed by atoms with Crippen LogP contribution >= 0.6 is 0 Å². The first-order chi connectivity index (χ1) is 16.8. The lowest BCUT2D eigenvalue weighted by Gasteiger charge is -2.10. The van der Waals surface area contributed by atoms with Crippen LogP contribution in [0.2, 0.25) is 0 Å². The van der Waals surface area contributed by atoms with Gasteiger partial charge in [0.25, 0.3) is 0 Å². The Balaban J connectivity index is 1.92. The molecule has 4 rings (SSSR count). The van der Waals surface area contributed by atoms with Crippen molar-refractivity contribution in [1.82, 2.24) is 0 Å². The molecule has 2 N–H and O–H groups in total. The van der Waals surface area contributed by atoms with E-state index >= 15 is 0 Å². The van der Waals surface area contributed by atoms with Gasteiger partial charge in [0.15, 0.2) is 0 Å². The Labute approximate surface area is 197 Å². The Kier molecular flexibility index (Phi) is 7.33. The van der Waals surface area contributed by atoms with E-state index in [9.17, 15) is 10.4 Å². The summed E-state index contributed by atoms with van der Waals surface area (Å²) < 4.78 is 0. The molecule has 0 saturated carbocycles.